The maximum absolute atomic E-state index is 12.8. The lowest BCUT2D eigenvalue weighted by Gasteiger charge is -2.43. The maximum Gasteiger partial charge on any atom is 0.373 e. The van der Waals surface area contributed by atoms with Crippen LogP contribution in [-0.4, -0.2) is 60.8 Å². The van der Waals surface area contributed by atoms with Gasteiger partial charge in [-0.2, -0.15) is 0 Å². The molecule has 4 aliphatic rings. The predicted molar refractivity (Wildman–Crippen MR) is 104 cm³/mol. The minimum absolute atomic E-state index is 0.0453. The number of rotatable bonds is 5. The summed E-state index contributed by atoms with van der Waals surface area (Å²) in [5.41, 5.74) is 6.69. The Kier molecular flexibility index (Phi) is 3.96. The fraction of sp³-hybridized carbons (Fsp3) is 0.474. The SMILES string of the molecule is C[C@](N)(C(=O)N1CC(Oc2ccc3c(c2C(=O)O)O[B][C@@H]2C[C@H]32)C1)C1=CNCN1. The topological polar surface area (TPSA) is 126 Å². The Morgan fingerprint density at radius 1 is 1.41 bits per heavy atom. The molecule has 1 saturated heterocycles. The number of fused-ring (bicyclic) bond motifs is 3. The molecule has 0 bridgehead atoms. The van der Waals surface area contributed by atoms with Crippen molar-refractivity contribution in [3.63, 3.8) is 0 Å². The average Bonchev–Trinajstić information content (AvgIpc) is 3.24. The lowest BCUT2D eigenvalue weighted by Crippen LogP contribution is -2.64. The molecule has 0 aromatic heterocycles. The van der Waals surface area contributed by atoms with E-state index in [2.05, 4.69) is 10.6 Å². The van der Waals surface area contributed by atoms with Gasteiger partial charge in [-0.15, -0.1) is 0 Å². The third kappa shape index (κ3) is 2.90. The average molecular weight is 397 g/mol. The van der Waals surface area contributed by atoms with Crippen LogP contribution >= 0.6 is 0 Å². The van der Waals surface area contributed by atoms with Gasteiger partial charge in [0.15, 0.2) is 0 Å². The smallest absolute Gasteiger partial charge is 0.373 e. The molecule has 151 valence electrons. The molecule has 1 aliphatic carbocycles. The molecule has 1 radical (unpaired) electrons. The van der Waals surface area contributed by atoms with Crippen molar-refractivity contribution in [1.29, 1.82) is 0 Å². The van der Waals surface area contributed by atoms with Crippen LogP contribution in [0.15, 0.2) is 24.0 Å². The summed E-state index contributed by atoms with van der Waals surface area (Å²) in [4.78, 5) is 26.3. The van der Waals surface area contributed by atoms with Crippen LogP contribution in [0.2, 0.25) is 5.82 Å². The molecule has 3 aliphatic heterocycles. The van der Waals surface area contributed by atoms with Crippen LogP contribution in [0.4, 0.5) is 0 Å². The van der Waals surface area contributed by atoms with Crippen LogP contribution < -0.4 is 25.8 Å². The molecule has 1 saturated carbocycles. The highest BCUT2D eigenvalue weighted by Crippen LogP contribution is 2.59. The van der Waals surface area contributed by atoms with Crippen LogP contribution in [0.25, 0.3) is 0 Å². The minimum atomic E-state index is -1.16. The molecule has 3 heterocycles. The summed E-state index contributed by atoms with van der Waals surface area (Å²) in [6.07, 6.45) is 2.40. The van der Waals surface area contributed by atoms with Crippen molar-refractivity contribution < 1.29 is 24.1 Å². The van der Waals surface area contributed by atoms with Gasteiger partial charge < -0.3 is 35.8 Å². The molecule has 1 aromatic carbocycles. The quantitative estimate of drug-likeness (QED) is 0.511. The Labute approximate surface area is 168 Å². The molecule has 10 heteroatoms. The number of carboxylic acids is 1. The monoisotopic (exact) mass is 397 g/mol. The Bertz CT molecular complexity index is 927. The third-order valence-corrected chi connectivity index (χ3v) is 6.02. The lowest BCUT2D eigenvalue weighted by molar-refractivity contribution is -0.144. The van der Waals surface area contributed by atoms with Gasteiger partial charge >= 0.3 is 13.5 Å². The fourth-order valence-corrected chi connectivity index (χ4v) is 4.16. The second-order valence-electron chi connectivity index (χ2n) is 8.19. The van der Waals surface area contributed by atoms with E-state index in [4.69, 9.17) is 15.1 Å². The van der Waals surface area contributed by atoms with E-state index in [1.54, 1.807) is 31.6 Å². The number of ether oxygens (including phenoxy) is 1. The van der Waals surface area contributed by atoms with Gasteiger partial charge in [-0.25, -0.2) is 4.79 Å². The molecular formula is C19H22BN4O5. The number of carbonyl (C=O) groups is 2. The first-order valence-electron chi connectivity index (χ1n) is 9.69. The van der Waals surface area contributed by atoms with Gasteiger partial charge in [-0.3, -0.25) is 4.79 Å². The summed E-state index contributed by atoms with van der Waals surface area (Å²) in [6.45, 7) is 2.90. The van der Waals surface area contributed by atoms with Crippen molar-refractivity contribution in [3.8, 4) is 11.5 Å². The predicted octanol–water partition coefficient (Wildman–Crippen LogP) is -0.0291. The van der Waals surface area contributed by atoms with Crippen LogP contribution in [0.3, 0.4) is 0 Å². The van der Waals surface area contributed by atoms with E-state index in [0.717, 1.165) is 12.0 Å². The molecular weight excluding hydrogens is 375 g/mol. The minimum Gasteiger partial charge on any atom is -0.562 e. The highest BCUT2D eigenvalue weighted by atomic mass is 16.5. The van der Waals surface area contributed by atoms with E-state index in [1.807, 2.05) is 6.07 Å². The molecule has 1 amide bonds. The number of hydrogen-bond donors (Lipinski definition) is 4. The normalized spacial score (nSPS) is 26.1. The van der Waals surface area contributed by atoms with Gasteiger partial charge in [0.2, 0.25) is 5.91 Å². The Hall–Kier alpha value is -2.88. The third-order valence-electron chi connectivity index (χ3n) is 6.02. The molecule has 0 unspecified atom stereocenters. The Balaban J connectivity index is 1.28. The molecule has 2 fully saturated rings. The van der Waals surface area contributed by atoms with E-state index in [-0.39, 0.29) is 23.3 Å². The number of carbonyl (C=O) groups excluding carboxylic acids is 1. The molecule has 9 nitrogen and oxygen atoms in total. The maximum atomic E-state index is 12.8. The van der Waals surface area contributed by atoms with Crippen molar-refractivity contribution in [2.75, 3.05) is 19.8 Å². The number of carboxylic acid groups (broad SMARTS) is 1. The second kappa shape index (κ2) is 6.31. The number of amides is 1. The van der Waals surface area contributed by atoms with Crippen LogP contribution in [-0.2, 0) is 4.79 Å². The van der Waals surface area contributed by atoms with E-state index < -0.39 is 11.5 Å². The van der Waals surface area contributed by atoms with E-state index in [1.165, 1.54) is 0 Å². The first-order valence-corrected chi connectivity index (χ1v) is 9.69. The van der Waals surface area contributed by atoms with Crippen molar-refractivity contribution in [1.82, 2.24) is 15.5 Å². The van der Waals surface area contributed by atoms with Gasteiger partial charge in [-0.05, 0) is 36.7 Å². The fourth-order valence-electron chi connectivity index (χ4n) is 4.16. The second-order valence-corrected chi connectivity index (χ2v) is 8.19. The van der Waals surface area contributed by atoms with Gasteiger partial charge in [0.05, 0.1) is 25.5 Å². The van der Waals surface area contributed by atoms with Crippen molar-refractivity contribution in [2.24, 2.45) is 5.73 Å². The summed E-state index contributed by atoms with van der Waals surface area (Å²) in [5.74, 6) is 0.0765. The summed E-state index contributed by atoms with van der Waals surface area (Å²) < 4.78 is 11.5. The molecule has 5 rings (SSSR count). The highest BCUT2D eigenvalue weighted by molar-refractivity contribution is 6.34. The summed E-state index contributed by atoms with van der Waals surface area (Å²) >= 11 is 0. The first kappa shape index (κ1) is 18.2. The van der Waals surface area contributed by atoms with Gasteiger partial charge in [0.25, 0.3) is 0 Å². The molecule has 5 N–H and O–H groups in total. The van der Waals surface area contributed by atoms with Gasteiger partial charge in [0, 0.05) is 6.20 Å². The van der Waals surface area contributed by atoms with E-state index in [9.17, 15) is 14.7 Å². The van der Waals surface area contributed by atoms with Crippen molar-refractivity contribution in [3.05, 3.63) is 35.2 Å². The standard InChI is InChI=1S/C19H22BN4O5/c1-19(21,14-5-22-8-23-14)18(27)24-6-9(7-24)28-13-3-2-10-11-4-12(11)20-29-16(10)15(13)17(25)26/h2-3,5,9,11-12,22-23H,4,6-8,21H2,1H3,(H,25,26)/t11-,12-,19-/m1/s1. The lowest BCUT2D eigenvalue weighted by atomic mass is 9.84. The van der Waals surface area contributed by atoms with Gasteiger partial charge in [-0.1, -0.05) is 6.07 Å². The van der Waals surface area contributed by atoms with E-state index in [0.29, 0.717) is 42.9 Å². The molecule has 3 atom stereocenters. The molecule has 0 spiro atoms. The number of nitrogens with zero attached hydrogens (tertiary/aromatic N) is 1. The van der Waals surface area contributed by atoms with Crippen molar-refractivity contribution in [2.45, 2.75) is 36.7 Å². The molecule has 29 heavy (non-hydrogen) atoms. The number of aromatic carboxylic acids is 1. The molecule has 1 aromatic rings. The van der Waals surface area contributed by atoms with Crippen LogP contribution in [0, 0.1) is 0 Å². The zero-order valence-electron chi connectivity index (χ0n) is 16.0. The van der Waals surface area contributed by atoms with Crippen LogP contribution in [0.1, 0.15) is 35.2 Å². The summed E-state index contributed by atoms with van der Waals surface area (Å²) in [6, 6.07) is 3.58. The number of likely N-dealkylation sites (tertiary alicyclic amines) is 1. The van der Waals surface area contributed by atoms with E-state index >= 15 is 0 Å². The Morgan fingerprint density at radius 2 is 2.21 bits per heavy atom. The van der Waals surface area contributed by atoms with Gasteiger partial charge in [0.1, 0.15) is 28.7 Å². The number of benzene rings is 1. The first-order chi connectivity index (χ1) is 13.9. The number of nitrogens with two attached hydrogens (primary N) is 1. The van der Waals surface area contributed by atoms with Crippen LogP contribution in [0.5, 0.6) is 11.5 Å². The zero-order valence-corrected chi connectivity index (χ0v) is 16.0. The highest BCUT2D eigenvalue weighted by Gasteiger charge is 2.47. The summed E-state index contributed by atoms with van der Waals surface area (Å²) in [7, 11) is 1.72. The summed E-state index contributed by atoms with van der Waals surface area (Å²) in [5, 5.41) is 15.7. The largest absolute Gasteiger partial charge is 0.562 e. The van der Waals surface area contributed by atoms with Crippen molar-refractivity contribution >= 4 is 19.4 Å². The zero-order chi connectivity index (χ0) is 20.3. The Morgan fingerprint density at radius 3 is 2.90 bits per heavy atom. The number of nitrogens with one attached hydrogen (secondary N) is 2. The number of hydrogen-bond acceptors (Lipinski definition) is 7.